The molecule has 5 heteroatoms. The number of ether oxygens (including phenoxy) is 2. The smallest absolute Gasteiger partial charge is 0.259 e. The standard InChI is InChI=1S/C16H16BrNO3/c1-10-7-8-12(17)13(9-10)18-16(19)11-5-4-6-14(20-2)15(11)21-3/h4-9H,1-3H3,(H,18,19). The number of carbonyl (C=O) groups is 1. The second-order valence-electron chi connectivity index (χ2n) is 4.48. The maximum atomic E-state index is 12.5. The molecule has 2 rings (SSSR count). The van der Waals surface area contributed by atoms with Crippen molar-refractivity contribution in [2.24, 2.45) is 0 Å². The van der Waals surface area contributed by atoms with Crippen LogP contribution in [0.15, 0.2) is 40.9 Å². The summed E-state index contributed by atoms with van der Waals surface area (Å²) in [5.41, 5.74) is 2.20. The van der Waals surface area contributed by atoms with E-state index in [1.807, 2.05) is 25.1 Å². The van der Waals surface area contributed by atoms with Crippen molar-refractivity contribution in [1.82, 2.24) is 0 Å². The van der Waals surface area contributed by atoms with Crippen molar-refractivity contribution in [3.8, 4) is 11.5 Å². The molecule has 0 aliphatic heterocycles. The summed E-state index contributed by atoms with van der Waals surface area (Å²) in [6.45, 7) is 1.97. The fourth-order valence-electron chi connectivity index (χ4n) is 1.99. The molecule has 4 nitrogen and oxygen atoms in total. The van der Waals surface area contributed by atoms with Crippen LogP contribution in [0.25, 0.3) is 0 Å². The third-order valence-electron chi connectivity index (χ3n) is 3.02. The number of aryl methyl sites for hydroxylation is 1. The van der Waals surface area contributed by atoms with Gasteiger partial charge in [0.1, 0.15) is 0 Å². The molecule has 0 aromatic heterocycles. The predicted molar refractivity (Wildman–Crippen MR) is 86.4 cm³/mol. The summed E-state index contributed by atoms with van der Waals surface area (Å²) >= 11 is 3.42. The van der Waals surface area contributed by atoms with Crippen LogP contribution in [0.5, 0.6) is 11.5 Å². The van der Waals surface area contributed by atoms with E-state index in [1.54, 1.807) is 18.2 Å². The number of para-hydroxylation sites is 1. The van der Waals surface area contributed by atoms with Gasteiger partial charge in [-0.05, 0) is 52.7 Å². The number of benzene rings is 2. The Hall–Kier alpha value is -2.01. The molecule has 0 spiro atoms. The Morgan fingerprint density at radius 1 is 1.14 bits per heavy atom. The van der Waals surface area contributed by atoms with E-state index in [0.29, 0.717) is 22.7 Å². The highest BCUT2D eigenvalue weighted by molar-refractivity contribution is 9.10. The van der Waals surface area contributed by atoms with E-state index in [2.05, 4.69) is 21.2 Å². The van der Waals surface area contributed by atoms with Gasteiger partial charge in [0.25, 0.3) is 5.91 Å². The van der Waals surface area contributed by atoms with Gasteiger partial charge in [-0.1, -0.05) is 12.1 Å². The third kappa shape index (κ3) is 3.36. The first-order valence-corrected chi connectivity index (χ1v) is 7.14. The molecule has 110 valence electrons. The quantitative estimate of drug-likeness (QED) is 0.906. The molecule has 0 heterocycles. The fraction of sp³-hybridized carbons (Fsp3) is 0.188. The van der Waals surface area contributed by atoms with Crippen LogP contribution in [0.4, 0.5) is 5.69 Å². The van der Waals surface area contributed by atoms with Crippen LogP contribution in [0.1, 0.15) is 15.9 Å². The predicted octanol–water partition coefficient (Wildman–Crippen LogP) is 4.03. The van der Waals surface area contributed by atoms with E-state index in [0.717, 1.165) is 10.0 Å². The lowest BCUT2D eigenvalue weighted by Crippen LogP contribution is -2.14. The molecule has 0 fully saturated rings. The number of methoxy groups -OCH3 is 2. The highest BCUT2D eigenvalue weighted by Gasteiger charge is 2.17. The molecule has 0 unspecified atom stereocenters. The number of hydrogen-bond donors (Lipinski definition) is 1. The molecule has 0 radical (unpaired) electrons. The molecule has 21 heavy (non-hydrogen) atoms. The van der Waals surface area contributed by atoms with Gasteiger partial charge in [0.05, 0.1) is 25.5 Å². The van der Waals surface area contributed by atoms with E-state index in [1.165, 1.54) is 14.2 Å². The van der Waals surface area contributed by atoms with Gasteiger partial charge in [0, 0.05) is 4.47 Å². The van der Waals surface area contributed by atoms with Gasteiger partial charge in [-0.25, -0.2) is 0 Å². The number of nitrogens with one attached hydrogen (secondary N) is 1. The molecule has 0 saturated carbocycles. The van der Waals surface area contributed by atoms with Crippen LogP contribution in [-0.4, -0.2) is 20.1 Å². The van der Waals surface area contributed by atoms with Gasteiger partial charge < -0.3 is 14.8 Å². The summed E-state index contributed by atoms with van der Waals surface area (Å²) in [5, 5.41) is 2.87. The van der Waals surface area contributed by atoms with Gasteiger partial charge in [0.15, 0.2) is 11.5 Å². The van der Waals surface area contributed by atoms with Gasteiger partial charge in [-0.15, -0.1) is 0 Å². The second kappa shape index (κ2) is 6.63. The van der Waals surface area contributed by atoms with Gasteiger partial charge in [-0.3, -0.25) is 4.79 Å². The van der Waals surface area contributed by atoms with Crippen LogP contribution in [0.3, 0.4) is 0 Å². The minimum Gasteiger partial charge on any atom is -0.493 e. The number of halogens is 1. The van der Waals surface area contributed by atoms with Gasteiger partial charge in [0.2, 0.25) is 0 Å². The highest BCUT2D eigenvalue weighted by atomic mass is 79.9. The third-order valence-corrected chi connectivity index (χ3v) is 3.71. The largest absolute Gasteiger partial charge is 0.493 e. The van der Waals surface area contributed by atoms with Crippen LogP contribution in [0, 0.1) is 6.92 Å². The molecule has 0 atom stereocenters. The number of rotatable bonds is 4. The minimum absolute atomic E-state index is 0.253. The molecule has 1 N–H and O–H groups in total. The maximum Gasteiger partial charge on any atom is 0.259 e. The molecule has 0 bridgehead atoms. The number of anilines is 1. The summed E-state index contributed by atoms with van der Waals surface area (Å²) in [6.07, 6.45) is 0. The lowest BCUT2D eigenvalue weighted by molar-refractivity contribution is 0.102. The average molecular weight is 350 g/mol. The second-order valence-corrected chi connectivity index (χ2v) is 5.33. The number of hydrogen-bond acceptors (Lipinski definition) is 3. The first-order chi connectivity index (χ1) is 10.1. The molecular formula is C16H16BrNO3. The Labute approximate surface area is 132 Å². The van der Waals surface area contributed by atoms with Gasteiger partial charge in [-0.2, -0.15) is 0 Å². The molecule has 0 aliphatic rings. The molecular weight excluding hydrogens is 334 g/mol. The Morgan fingerprint density at radius 3 is 2.57 bits per heavy atom. The minimum atomic E-state index is -0.253. The monoisotopic (exact) mass is 349 g/mol. The first-order valence-electron chi connectivity index (χ1n) is 6.35. The highest BCUT2D eigenvalue weighted by Crippen LogP contribution is 2.32. The summed E-state index contributed by atoms with van der Waals surface area (Å²) in [5.74, 6) is 0.687. The van der Waals surface area contributed by atoms with Crippen LogP contribution < -0.4 is 14.8 Å². The van der Waals surface area contributed by atoms with Crippen molar-refractivity contribution in [3.05, 3.63) is 52.0 Å². The lowest BCUT2D eigenvalue weighted by atomic mass is 10.1. The van der Waals surface area contributed by atoms with E-state index < -0.39 is 0 Å². The zero-order chi connectivity index (χ0) is 15.4. The SMILES string of the molecule is COc1cccc(C(=O)Nc2cc(C)ccc2Br)c1OC. The topological polar surface area (TPSA) is 47.6 Å². The Balaban J connectivity index is 2.35. The molecule has 1 amide bonds. The van der Waals surface area contributed by atoms with E-state index in [-0.39, 0.29) is 5.91 Å². The van der Waals surface area contributed by atoms with Crippen LogP contribution in [0.2, 0.25) is 0 Å². The summed E-state index contributed by atoms with van der Waals surface area (Å²) in [6, 6.07) is 11.0. The Kier molecular flexibility index (Phi) is 4.85. The van der Waals surface area contributed by atoms with Crippen molar-refractivity contribution in [2.45, 2.75) is 6.92 Å². The van der Waals surface area contributed by atoms with Crippen LogP contribution in [-0.2, 0) is 0 Å². The lowest BCUT2D eigenvalue weighted by Gasteiger charge is -2.13. The molecule has 0 aliphatic carbocycles. The number of carbonyl (C=O) groups excluding carboxylic acids is 1. The van der Waals surface area contributed by atoms with Crippen molar-refractivity contribution in [2.75, 3.05) is 19.5 Å². The van der Waals surface area contributed by atoms with E-state index in [9.17, 15) is 4.79 Å². The maximum absolute atomic E-state index is 12.5. The summed E-state index contributed by atoms with van der Waals surface area (Å²) in [7, 11) is 3.05. The molecule has 2 aromatic rings. The van der Waals surface area contributed by atoms with Crippen molar-refractivity contribution >= 4 is 27.5 Å². The Morgan fingerprint density at radius 2 is 1.90 bits per heavy atom. The van der Waals surface area contributed by atoms with E-state index >= 15 is 0 Å². The van der Waals surface area contributed by atoms with Gasteiger partial charge >= 0.3 is 0 Å². The molecule has 0 saturated heterocycles. The van der Waals surface area contributed by atoms with Crippen molar-refractivity contribution in [1.29, 1.82) is 0 Å². The normalized spacial score (nSPS) is 10.1. The zero-order valence-corrected chi connectivity index (χ0v) is 13.7. The molecule has 2 aromatic carbocycles. The van der Waals surface area contributed by atoms with Crippen molar-refractivity contribution in [3.63, 3.8) is 0 Å². The average Bonchev–Trinajstić information content (AvgIpc) is 2.49. The Bertz CT molecular complexity index is 671. The van der Waals surface area contributed by atoms with Crippen LogP contribution >= 0.6 is 15.9 Å². The van der Waals surface area contributed by atoms with Crippen molar-refractivity contribution < 1.29 is 14.3 Å². The summed E-state index contributed by atoms with van der Waals surface area (Å²) < 4.78 is 11.3. The van der Waals surface area contributed by atoms with E-state index in [4.69, 9.17) is 9.47 Å². The zero-order valence-electron chi connectivity index (χ0n) is 12.1. The number of amides is 1. The summed E-state index contributed by atoms with van der Waals surface area (Å²) in [4.78, 5) is 12.5. The first kappa shape index (κ1) is 15.4. The fourth-order valence-corrected chi connectivity index (χ4v) is 2.34.